The average Bonchev–Trinajstić information content (AvgIpc) is 2.49. The first-order chi connectivity index (χ1) is 10.7. The molecule has 0 spiro atoms. The second-order valence-electron chi connectivity index (χ2n) is 5.14. The van der Waals surface area contributed by atoms with E-state index in [1.54, 1.807) is 0 Å². The third kappa shape index (κ3) is 7.58. The number of hydrogen-bond donors (Lipinski definition) is 4. The Morgan fingerprint density at radius 3 is 2.14 bits per heavy atom. The third-order valence-electron chi connectivity index (χ3n) is 3.64. The van der Waals surface area contributed by atoms with E-state index in [9.17, 15) is 9.59 Å². The van der Waals surface area contributed by atoms with Gasteiger partial charge in [0.2, 0.25) is 0 Å². The van der Waals surface area contributed by atoms with Gasteiger partial charge in [-0.2, -0.15) is 0 Å². The zero-order valence-electron chi connectivity index (χ0n) is 12.4. The average molecular weight is 313 g/mol. The second-order valence-corrected chi connectivity index (χ2v) is 5.14. The molecule has 0 unspecified atom stereocenters. The van der Waals surface area contributed by atoms with E-state index in [1.807, 2.05) is 0 Å². The smallest absolute Gasteiger partial charge is 0.265 e. The molecule has 124 valence electrons. The van der Waals surface area contributed by atoms with Crippen LogP contribution in [-0.2, 0) is 9.59 Å². The van der Waals surface area contributed by atoms with Crippen LogP contribution in [0.4, 0.5) is 0 Å². The van der Waals surface area contributed by atoms with Crippen molar-refractivity contribution < 1.29 is 20.0 Å². The van der Waals surface area contributed by atoms with Crippen molar-refractivity contribution in [1.29, 1.82) is 0 Å². The Morgan fingerprint density at radius 2 is 1.59 bits per heavy atom. The van der Waals surface area contributed by atoms with E-state index < -0.39 is 5.91 Å². The number of oxime groups is 2. The van der Waals surface area contributed by atoms with Gasteiger partial charge in [0, 0.05) is 19.6 Å². The number of piperidine rings is 1. The molecule has 1 saturated heterocycles. The number of rotatable bonds is 8. The van der Waals surface area contributed by atoms with Crippen LogP contribution in [0.3, 0.4) is 0 Å². The maximum atomic E-state index is 11.1. The van der Waals surface area contributed by atoms with Crippen LogP contribution in [0.25, 0.3) is 0 Å². The number of carbonyl (C=O) groups excluding carboxylic acids is 2. The van der Waals surface area contributed by atoms with E-state index in [4.69, 9.17) is 10.4 Å². The summed E-state index contributed by atoms with van der Waals surface area (Å²) in [5, 5.41) is 27.0. The van der Waals surface area contributed by atoms with Crippen LogP contribution >= 0.6 is 0 Å². The zero-order chi connectivity index (χ0) is 16.2. The number of nitrogens with one attached hydrogen (secondary N) is 2. The SMILES string of the molecule is O=C(/C=N/O)NCCC1CCN(CCNC(=O)/C=N/O)CC1. The lowest BCUT2D eigenvalue weighted by atomic mass is 9.93. The van der Waals surface area contributed by atoms with E-state index in [2.05, 4.69) is 25.8 Å². The molecule has 0 aliphatic carbocycles. The molecule has 9 heteroatoms. The summed E-state index contributed by atoms with van der Waals surface area (Å²) in [4.78, 5) is 24.4. The molecule has 0 saturated carbocycles. The zero-order valence-corrected chi connectivity index (χ0v) is 12.4. The van der Waals surface area contributed by atoms with Gasteiger partial charge < -0.3 is 25.9 Å². The van der Waals surface area contributed by atoms with Crippen molar-refractivity contribution in [3.63, 3.8) is 0 Å². The fraction of sp³-hybridized carbons (Fsp3) is 0.692. The monoisotopic (exact) mass is 313 g/mol. The molecule has 1 fully saturated rings. The Kier molecular flexibility index (Phi) is 8.58. The molecule has 0 aromatic carbocycles. The van der Waals surface area contributed by atoms with Crippen molar-refractivity contribution in [2.24, 2.45) is 16.2 Å². The van der Waals surface area contributed by atoms with Crippen LogP contribution in [-0.4, -0.2) is 72.3 Å². The Morgan fingerprint density at radius 1 is 1.05 bits per heavy atom. The van der Waals surface area contributed by atoms with Crippen LogP contribution in [0.1, 0.15) is 19.3 Å². The number of hydrogen-bond acceptors (Lipinski definition) is 7. The largest absolute Gasteiger partial charge is 0.411 e. The highest BCUT2D eigenvalue weighted by molar-refractivity contribution is 6.26. The highest BCUT2D eigenvalue weighted by Gasteiger charge is 2.18. The fourth-order valence-corrected chi connectivity index (χ4v) is 2.43. The summed E-state index contributed by atoms with van der Waals surface area (Å²) in [5.41, 5.74) is 0. The van der Waals surface area contributed by atoms with Crippen molar-refractivity contribution in [3.8, 4) is 0 Å². The van der Waals surface area contributed by atoms with Crippen molar-refractivity contribution in [1.82, 2.24) is 15.5 Å². The van der Waals surface area contributed by atoms with E-state index in [1.165, 1.54) is 0 Å². The van der Waals surface area contributed by atoms with Crippen LogP contribution in [0.2, 0.25) is 0 Å². The fourth-order valence-electron chi connectivity index (χ4n) is 2.43. The van der Waals surface area contributed by atoms with Gasteiger partial charge in [0.1, 0.15) is 12.4 Å². The van der Waals surface area contributed by atoms with Gasteiger partial charge in [0.05, 0.1) is 0 Å². The summed E-state index contributed by atoms with van der Waals surface area (Å²) in [6, 6.07) is 0. The summed E-state index contributed by atoms with van der Waals surface area (Å²) < 4.78 is 0. The highest BCUT2D eigenvalue weighted by atomic mass is 16.4. The molecular formula is C13H23N5O4. The van der Waals surface area contributed by atoms with Crippen LogP contribution < -0.4 is 10.6 Å². The third-order valence-corrected chi connectivity index (χ3v) is 3.64. The first kappa shape index (κ1) is 17.9. The van der Waals surface area contributed by atoms with Gasteiger partial charge >= 0.3 is 0 Å². The summed E-state index contributed by atoms with van der Waals surface area (Å²) in [5.74, 6) is -0.222. The van der Waals surface area contributed by atoms with E-state index >= 15 is 0 Å². The molecule has 0 aromatic rings. The van der Waals surface area contributed by atoms with Gasteiger partial charge in [-0.1, -0.05) is 10.3 Å². The Hall–Kier alpha value is -2.16. The summed E-state index contributed by atoms with van der Waals surface area (Å²) >= 11 is 0. The molecule has 0 atom stereocenters. The molecule has 9 nitrogen and oxygen atoms in total. The molecule has 4 N–H and O–H groups in total. The minimum atomic E-state index is -0.403. The van der Waals surface area contributed by atoms with Crippen molar-refractivity contribution in [2.75, 3.05) is 32.7 Å². The molecule has 0 bridgehead atoms. The van der Waals surface area contributed by atoms with Gasteiger partial charge in [-0.25, -0.2) is 0 Å². The van der Waals surface area contributed by atoms with Crippen LogP contribution in [0.5, 0.6) is 0 Å². The van der Waals surface area contributed by atoms with Crippen molar-refractivity contribution in [2.45, 2.75) is 19.3 Å². The maximum absolute atomic E-state index is 11.1. The van der Waals surface area contributed by atoms with Crippen LogP contribution in [0, 0.1) is 5.92 Å². The van der Waals surface area contributed by atoms with Crippen LogP contribution in [0.15, 0.2) is 10.3 Å². The van der Waals surface area contributed by atoms with E-state index in [0.29, 0.717) is 19.0 Å². The van der Waals surface area contributed by atoms with E-state index in [-0.39, 0.29) is 5.91 Å². The molecule has 1 aliphatic rings. The lowest BCUT2D eigenvalue weighted by Crippen LogP contribution is -2.40. The molecule has 22 heavy (non-hydrogen) atoms. The first-order valence-corrected chi connectivity index (χ1v) is 7.28. The Balaban J connectivity index is 2.08. The van der Waals surface area contributed by atoms with Crippen molar-refractivity contribution >= 4 is 24.2 Å². The predicted octanol–water partition coefficient (Wildman–Crippen LogP) is -0.759. The molecule has 1 rings (SSSR count). The summed E-state index contributed by atoms with van der Waals surface area (Å²) in [6.45, 7) is 3.78. The second kappa shape index (κ2) is 10.6. The van der Waals surface area contributed by atoms with Gasteiger partial charge in [0.25, 0.3) is 11.8 Å². The molecule has 1 aliphatic heterocycles. The minimum absolute atomic E-state index is 0.387. The van der Waals surface area contributed by atoms with Crippen molar-refractivity contribution in [3.05, 3.63) is 0 Å². The molecule has 1 heterocycles. The lowest BCUT2D eigenvalue weighted by molar-refractivity contribution is -0.115. The lowest BCUT2D eigenvalue weighted by Gasteiger charge is -2.31. The molecule has 0 radical (unpaired) electrons. The minimum Gasteiger partial charge on any atom is -0.411 e. The molecular weight excluding hydrogens is 290 g/mol. The first-order valence-electron chi connectivity index (χ1n) is 7.28. The quantitative estimate of drug-likeness (QED) is 0.266. The summed E-state index contributed by atoms with van der Waals surface area (Å²) in [6.07, 6.45) is 4.69. The predicted molar refractivity (Wildman–Crippen MR) is 80.4 cm³/mol. The van der Waals surface area contributed by atoms with Gasteiger partial charge in [-0.3, -0.25) is 9.59 Å². The topological polar surface area (TPSA) is 127 Å². The summed E-state index contributed by atoms with van der Waals surface area (Å²) in [7, 11) is 0. The number of amides is 2. The highest BCUT2D eigenvalue weighted by Crippen LogP contribution is 2.19. The molecule has 2 amide bonds. The Bertz CT molecular complexity index is 367. The van der Waals surface area contributed by atoms with E-state index in [0.717, 1.165) is 51.3 Å². The number of likely N-dealkylation sites (tertiary alicyclic amines) is 1. The van der Waals surface area contributed by atoms with Gasteiger partial charge in [-0.05, 0) is 38.3 Å². The number of nitrogens with zero attached hydrogens (tertiary/aromatic N) is 3. The van der Waals surface area contributed by atoms with Gasteiger partial charge in [0.15, 0.2) is 0 Å². The molecule has 0 aromatic heterocycles. The standard InChI is InChI=1S/C13H23N5O4/c19-12(9-16-21)14-4-1-11-2-6-18(7-3-11)8-5-15-13(20)10-17-22/h9-11,21-22H,1-8H2,(H,14,19)(H,15,20)/b16-9+,17-10+. The number of carbonyl (C=O) groups is 2. The maximum Gasteiger partial charge on any atom is 0.265 e. The normalized spacial score (nSPS) is 17.1. The Labute approximate surface area is 129 Å². The van der Waals surface area contributed by atoms with Gasteiger partial charge in [-0.15, -0.1) is 0 Å².